The summed E-state index contributed by atoms with van der Waals surface area (Å²) in [6, 6.07) is 6.18. The number of rotatable bonds is 1. The number of methoxy groups -OCH3 is 1. The number of ketones is 1. The Labute approximate surface area is 125 Å². The molecule has 0 saturated heterocycles. The Balaban J connectivity index is 1.70. The second-order valence-corrected chi connectivity index (χ2v) is 7.01. The lowest BCUT2D eigenvalue weighted by Crippen LogP contribution is -2.44. The predicted octanol–water partition coefficient (Wildman–Crippen LogP) is 3.57. The zero-order valence-electron chi connectivity index (χ0n) is 12.7. The molecule has 4 rings (SSSR count). The van der Waals surface area contributed by atoms with E-state index in [9.17, 15) is 4.79 Å². The van der Waals surface area contributed by atoms with Gasteiger partial charge in [-0.05, 0) is 42.7 Å². The molecule has 0 bridgehead atoms. The Kier molecular flexibility index (Phi) is 2.82. The van der Waals surface area contributed by atoms with Crippen LogP contribution in [0, 0.1) is 17.3 Å². The number of carbonyl (C=O) groups is 1. The SMILES string of the molecule is COc1ccc2c(c1)OCC1C2CC[C@]2(C)C(=O)CCC12. The first-order chi connectivity index (χ1) is 10.1. The lowest BCUT2D eigenvalue weighted by Gasteiger charge is -2.47. The molecule has 0 spiro atoms. The fourth-order valence-corrected chi connectivity index (χ4v) is 4.94. The number of benzene rings is 1. The van der Waals surface area contributed by atoms with E-state index in [0.29, 0.717) is 23.5 Å². The third-order valence-corrected chi connectivity index (χ3v) is 6.20. The van der Waals surface area contributed by atoms with Crippen molar-refractivity contribution in [3.63, 3.8) is 0 Å². The van der Waals surface area contributed by atoms with Crippen LogP contribution in [0.25, 0.3) is 0 Å². The molecule has 1 aromatic carbocycles. The summed E-state index contributed by atoms with van der Waals surface area (Å²) in [5, 5.41) is 0. The topological polar surface area (TPSA) is 35.5 Å². The molecule has 1 aromatic rings. The summed E-state index contributed by atoms with van der Waals surface area (Å²) in [7, 11) is 1.68. The first kappa shape index (κ1) is 13.2. The van der Waals surface area contributed by atoms with Gasteiger partial charge in [0, 0.05) is 23.8 Å². The number of carbonyl (C=O) groups excluding carboxylic acids is 1. The van der Waals surface area contributed by atoms with E-state index in [1.165, 1.54) is 5.56 Å². The van der Waals surface area contributed by atoms with Gasteiger partial charge in [0.2, 0.25) is 0 Å². The van der Waals surface area contributed by atoms with Crippen LogP contribution in [0.4, 0.5) is 0 Å². The monoisotopic (exact) mass is 286 g/mol. The van der Waals surface area contributed by atoms with Crippen molar-refractivity contribution in [3.8, 4) is 11.5 Å². The fraction of sp³-hybridized carbons (Fsp3) is 0.611. The van der Waals surface area contributed by atoms with E-state index >= 15 is 0 Å². The minimum atomic E-state index is -0.0888. The average Bonchev–Trinajstić information content (AvgIpc) is 2.82. The highest BCUT2D eigenvalue weighted by Crippen LogP contribution is 2.59. The van der Waals surface area contributed by atoms with Gasteiger partial charge >= 0.3 is 0 Å². The van der Waals surface area contributed by atoms with E-state index in [2.05, 4.69) is 13.0 Å². The summed E-state index contributed by atoms with van der Waals surface area (Å²) in [6.07, 6.45) is 3.94. The lowest BCUT2D eigenvalue weighted by atomic mass is 9.58. The Morgan fingerprint density at radius 3 is 3.00 bits per heavy atom. The standard InChI is InChI=1S/C18H22O3/c1-18-8-7-12-13-4-3-11(20-2)9-16(13)21-10-14(12)15(18)5-6-17(18)19/h3-4,9,12,14-15H,5-8,10H2,1-2H3/t12?,14?,15?,18-/m0/s1. The molecule has 2 fully saturated rings. The maximum Gasteiger partial charge on any atom is 0.139 e. The van der Waals surface area contributed by atoms with Crippen molar-refractivity contribution >= 4 is 5.78 Å². The van der Waals surface area contributed by atoms with E-state index < -0.39 is 0 Å². The van der Waals surface area contributed by atoms with Gasteiger partial charge in [0.15, 0.2) is 0 Å². The molecule has 1 heterocycles. The quantitative estimate of drug-likeness (QED) is 0.791. The number of fused-ring (bicyclic) bond motifs is 5. The highest BCUT2D eigenvalue weighted by atomic mass is 16.5. The third kappa shape index (κ3) is 1.76. The average molecular weight is 286 g/mol. The van der Waals surface area contributed by atoms with Gasteiger partial charge in [-0.25, -0.2) is 0 Å². The largest absolute Gasteiger partial charge is 0.497 e. The Bertz CT molecular complexity index is 594. The van der Waals surface area contributed by atoms with E-state index in [4.69, 9.17) is 9.47 Å². The smallest absolute Gasteiger partial charge is 0.139 e. The van der Waals surface area contributed by atoms with Gasteiger partial charge < -0.3 is 9.47 Å². The second-order valence-electron chi connectivity index (χ2n) is 7.01. The molecule has 3 aliphatic rings. The molecular formula is C18H22O3. The number of ether oxygens (including phenoxy) is 2. The summed E-state index contributed by atoms with van der Waals surface area (Å²) >= 11 is 0. The molecule has 0 amide bonds. The third-order valence-electron chi connectivity index (χ3n) is 6.20. The van der Waals surface area contributed by atoms with Gasteiger partial charge in [-0.15, -0.1) is 0 Å². The minimum absolute atomic E-state index is 0.0888. The zero-order chi connectivity index (χ0) is 14.6. The van der Waals surface area contributed by atoms with Crippen molar-refractivity contribution < 1.29 is 14.3 Å². The predicted molar refractivity (Wildman–Crippen MR) is 79.8 cm³/mol. The van der Waals surface area contributed by atoms with Crippen molar-refractivity contribution in [1.29, 1.82) is 0 Å². The van der Waals surface area contributed by atoms with Gasteiger partial charge in [0.25, 0.3) is 0 Å². The Morgan fingerprint density at radius 1 is 1.33 bits per heavy atom. The van der Waals surface area contributed by atoms with Crippen LogP contribution in [0.3, 0.4) is 0 Å². The van der Waals surface area contributed by atoms with Gasteiger partial charge in [0.1, 0.15) is 17.3 Å². The number of hydrogen-bond donors (Lipinski definition) is 0. The number of hydrogen-bond acceptors (Lipinski definition) is 3. The van der Waals surface area contributed by atoms with Crippen LogP contribution >= 0.6 is 0 Å². The molecular weight excluding hydrogens is 264 g/mol. The molecule has 0 aromatic heterocycles. The Morgan fingerprint density at radius 2 is 2.19 bits per heavy atom. The highest BCUT2D eigenvalue weighted by molar-refractivity contribution is 5.87. The maximum absolute atomic E-state index is 12.3. The van der Waals surface area contributed by atoms with Crippen LogP contribution in [0.5, 0.6) is 11.5 Å². The first-order valence-corrected chi connectivity index (χ1v) is 7.97. The lowest BCUT2D eigenvalue weighted by molar-refractivity contribution is -0.129. The molecule has 1 aliphatic heterocycles. The van der Waals surface area contributed by atoms with Crippen molar-refractivity contribution in [2.75, 3.05) is 13.7 Å². The molecule has 2 aliphatic carbocycles. The van der Waals surface area contributed by atoms with E-state index in [1.807, 2.05) is 12.1 Å². The van der Waals surface area contributed by atoms with Gasteiger partial charge in [-0.3, -0.25) is 4.79 Å². The van der Waals surface area contributed by atoms with Crippen molar-refractivity contribution in [2.45, 2.75) is 38.5 Å². The fourth-order valence-electron chi connectivity index (χ4n) is 4.94. The molecule has 21 heavy (non-hydrogen) atoms. The van der Waals surface area contributed by atoms with Crippen molar-refractivity contribution in [1.82, 2.24) is 0 Å². The first-order valence-electron chi connectivity index (χ1n) is 7.97. The molecule has 112 valence electrons. The summed E-state index contributed by atoms with van der Waals surface area (Å²) in [5.41, 5.74) is 1.22. The zero-order valence-corrected chi connectivity index (χ0v) is 12.7. The minimum Gasteiger partial charge on any atom is -0.497 e. The molecule has 3 nitrogen and oxygen atoms in total. The molecule has 0 N–H and O–H groups in total. The van der Waals surface area contributed by atoms with Crippen molar-refractivity contribution in [2.24, 2.45) is 17.3 Å². The molecule has 3 unspecified atom stereocenters. The van der Waals surface area contributed by atoms with Crippen LogP contribution in [0.15, 0.2) is 18.2 Å². The van der Waals surface area contributed by atoms with Gasteiger partial charge in [0.05, 0.1) is 13.7 Å². The van der Waals surface area contributed by atoms with Crippen LogP contribution in [0.2, 0.25) is 0 Å². The van der Waals surface area contributed by atoms with Crippen LogP contribution in [0.1, 0.15) is 44.1 Å². The van der Waals surface area contributed by atoms with Crippen LogP contribution < -0.4 is 9.47 Å². The van der Waals surface area contributed by atoms with Crippen LogP contribution in [-0.4, -0.2) is 19.5 Å². The Hall–Kier alpha value is -1.51. The van der Waals surface area contributed by atoms with E-state index in [0.717, 1.165) is 43.8 Å². The van der Waals surface area contributed by atoms with Gasteiger partial charge in [-0.1, -0.05) is 13.0 Å². The number of Topliss-reactive ketones (excluding diaryl/α,β-unsaturated/α-hetero) is 1. The molecule has 4 atom stereocenters. The highest BCUT2D eigenvalue weighted by Gasteiger charge is 2.55. The summed E-state index contributed by atoms with van der Waals surface area (Å²) in [5.74, 6) is 3.85. The van der Waals surface area contributed by atoms with E-state index in [1.54, 1.807) is 7.11 Å². The van der Waals surface area contributed by atoms with E-state index in [-0.39, 0.29) is 5.41 Å². The van der Waals surface area contributed by atoms with Crippen LogP contribution in [-0.2, 0) is 4.79 Å². The molecule has 2 saturated carbocycles. The van der Waals surface area contributed by atoms with Gasteiger partial charge in [-0.2, -0.15) is 0 Å². The molecule has 3 heteroatoms. The normalized spacial score (nSPS) is 37.2. The summed E-state index contributed by atoms with van der Waals surface area (Å²) in [4.78, 5) is 12.3. The van der Waals surface area contributed by atoms with Crippen molar-refractivity contribution in [3.05, 3.63) is 23.8 Å². The molecule has 0 radical (unpaired) electrons. The summed E-state index contributed by atoms with van der Waals surface area (Å²) < 4.78 is 11.3. The maximum atomic E-state index is 12.3. The summed E-state index contributed by atoms with van der Waals surface area (Å²) in [6.45, 7) is 2.94. The second kappa shape index (κ2) is 4.49.